The molecule has 2 heterocycles. The Balaban J connectivity index is 1.66. The smallest absolute Gasteiger partial charge is 0.330 e. The van der Waals surface area contributed by atoms with Gasteiger partial charge in [0.05, 0.1) is 14.2 Å². The van der Waals surface area contributed by atoms with Crippen LogP contribution in [0.1, 0.15) is 0 Å². The molecule has 0 atom stereocenters. The molecule has 1 aliphatic heterocycles. The van der Waals surface area contributed by atoms with Gasteiger partial charge in [-0.25, -0.2) is 4.79 Å². The van der Waals surface area contributed by atoms with Gasteiger partial charge in [0, 0.05) is 7.05 Å². The molecule has 0 radical (unpaired) electrons. The van der Waals surface area contributed by atoms with Gasteiger partial charge in [-0.2, -0.15) is 15.0 Å². The number of hydrogen-bond acceptors (Lipinski definition) is 10. The molecule has 1 N–H and O–H groups in total. The number of nitrogens with zero attached hydrogens (tertiary/aromatic N) is 5. The highest BCUT2D eigenvalue weighted by atomic mass is 16.5. The van der Waals surface area contributed by atoms with Gasteiger partial charge in [-0.15, -0.1) is 4.98 Å². The van der Waals surface area contributed by atoms with E-state index in [4.69, 9.17) is 18.9 Å². The van der Waals surface area contributed by atoms with E-state index in [-0.39, 0.29) is 23.8 Å². The molecule has 33 heavy (non-hydrogen) atoms. The van der Waals surface area contributed by atoms with E-state index in [1.165, 1.54) is 7.05 Å². The lowest BCUT2D eigenvalue weighted by Crippen LogP contribution is -2.25. The quantitative estimate of drug-likeness (QED) is 0.539. The predicted octanol–water partition coefficient (Wildman–Crippen LogP) is 2.69. The van der Waals surface area contributed by atoms with Crippen molar-refractivity contribution in [2.24, 2.45) is 4.99 Å². The number of hydrogen-bond donors (Lipinski definition) is 1. The van der Waals surface area contributed by atoms with Gasteiger partial charge in [-0.3, -0.25) is 15.0 Å². The van der Waals surface area contributed by atoms with E-state index < -0.39 is 11.9 Å². The number of amidine groups is 1. The standard InChI is InChI=1S/C21H18N6O6/c1-27-17(28)16(23-21(27)29)22-18-24-19(32-14-8-4-12(30-2)5-9-14)26-20(25-18)33-15-10-6-13(31-3)7-11-15/h4-11H,1-3H3,(H,22,23,24,25,26,29). The number of carbonyl (C=O) groups excluding carboxylic acids is 2. The first-order chi connectivity index (χ1) is 15.9. The maximum absolute atomic E-state index is 12.1. The maximum atomic E-state index is 12.1. The largest absolute Gasteiger partial charge is 0.497 e. The molecule has 0 bridgehead atoms. The number of aromatic nitrogens is 3. The Morgan fingerprint density at radius 2 is 1.21 bits per heavy atom. The van der Waals surface area contributed by atoms with Crippen molar-refractivity contribution < 1.29 is 28.5 Å². The minimum Gasteiger partial charge on any atom is -0.497 e. The predicted molar refractivity (Wildman–Crippen MR) is 114 cm³/mol. The number of rotatable bonds is 7. The van der Waals surface area contributed by atoms with Gasteiger partial charge in [0.1, 0.15) is 23.0 Å². The fourth-order valence-electron chi connectivity index (χ4n) is 2.63. The number of aliphatic imine (C=N–C) groups is 1. The molecular formula is C21H18N6O6. The van der Waals surface area contributed by atoms with Crippen molar-refractivity contribution in [2.75, 3.05) is 21.3 Å². The molecule has 4 rings (SSSR count). The van der Waals surface area contributed by atoms with Crippen molar-refractivity contribution in [2.45, 2.75) is 0 Å². The third-order valence-corrected chi connectivity index (χ3v) is 4.37. The van der Waals surface area contributed by atoms with Crippen LogP contribution in [0.4, 0.5) is 10.7 Å². The summed E-state index contributed by atoms with van der Waals surface area (Å²) in [6.45, 7) is 0. The number of amides is 3. The van der Waals surface area contributed by atoms with E-state index in [1.54, 1.807) is 62.8 Å². The van der Waals surface area contributed by atoms with Crippen molar-refractivity contribution in [3.63, 3.8) is 0 Å². The van der Waals surface area contributed by atoms with E-state index in [9.17, 15) is 9.59 Å². The van der Waals surface area contributed by atoms with Crippen LogP contribution in [0, 0.1) is 0 Å². The van der Waals surface area contributed by atoms with Crippen LogP contribution in [0.2, 0.25) is 0 Å². The maximum Gasteiger partial charge on any atom is 0.330 e. The van der Waals surface area contributed by atoms with E-state index in [1.807, 2.05) is 0 Å². The van der Waals surface area contributed by atoms with Crippen molar-refractivity contribution in [1.82, 2.24) is 25.2 Å². The molecule has 12 nitrogen and oxygen atoms in total. The average Bonchev–Trinajstić information content (AvgIpc) is 3.06. The summed E-state index contributed by atoms with van der Waals surface area (Å²) in [5, 5.41) is 2.34. The number of carbonyl (C=O) groups is 2. The van der Waals surface area contributed by atoms with E-state index in [0.29, 0.717) is 23.0 Å². The lowest BCUT2D eigenvalue weighted by molar-refractivity contribution is -0.119. The SMILES string of the molecule is COc1ccc(Oc2nc(/N=C3\NC(=O)N(C)C3=O)nc(Oc3ccc(OC)cc3)n2)cc1. The number of urea groups is 1. The zero-order chi connectivity index (χ0) is 23.4. The minimum atomic E-state index is -0.629. The number of imide groups is 1. The number of methoxy groups -OCH3 is 2. The lowest BCUT2D eigenvalue weighted by atomic mass is 10.3. The van der Waals surface area contributed by atoms with Crippen LogP contribution in [0.25, 0.3) is 0 Å². The average molecular weight is 450 g/mol. The Morgan fingerprint density at radius 1 is 0.758 bits per heavy atom. The number of benzene rings is 2. The fraction of sp³-hybridized carbons (Fsp3) is 0.143. The Morgan fingerprint density at radius 3 is 1.61 bits per heavy atom. The first kappa shape index (κ1) is 21.5. The van der Waals surface area contributed by atoms with Crippen molar-refractivity contribution >= 4 is 23.7 Å². The lowest BCUT2D eigenvalue weighted by Gasteiger charge is -2.08. The van der Waals surface area contributed by atoms with Gasteiger partial charge in [0.15, 0.2) is 0 Å². The van der Waals surface area contributed by atoms with Crippen molar-refractivity contribution in [3.8, 4) is 35.0 Å². The van der Waals surface area contributed by atoms with Crippen LogP contribution in [-0.4, -0.2) is 58.9 Å². The summed E-state index contributed by atoms with van der Waals surface area (Å²) in [7, 11) is 4.43. The molecule has 3 aromatic rings. The molecule has 0 saturated carbocycles. The third-order valence-electron chi connectivity index (χ3n) is 4.37. The molecule has 3 amide bonds. The molecule has 1 fully saturated rings. The van der Waals surface area contributed by atoms with Gasteiger partial charge in [-0.05, 0) is 48.5 Å². The minimum absolute atomic E-state index is 0.136. The second-order valence-electron chi connectivity index (χ2n) is 6.51. The van der Waals surface area contributed by atoms with Crippen LogP contribution in [0.3, 0.4) is 0 Å². The Labute approximate surface area is 187 Å². The van der Waals surface area contributed by atoms with E-state index in [0.717, 1.165) is 4.90 Å². The van der Waals surface area contributed by atoms with Gasteiger partial charge in [0.2, 0.25) is 5.84 Å². The Bertz CT molecular complexity index is 1150. The molecule has 168 valence electrons. The van der Waals surface area contributed by atoms with Crippen molar-refractivity contribution in [1.29, 1.82) is 0 Å². The summed E-state index contributed by atoms with van der Waals surface area (Å²) in [6.07, 6.45) is 0. The summed E-state index contributed by atoms with van der Waals surface area (Å²) in [4.78, 5) is 41.1. The summed E-state index contributed by atoms with van der Waals surface area (Å²) in [5.74, 6) is 1.06. The molecule has 1 aromatic heterocycles. The first-order valence-electron chi connectivity index (χ1n) is 9.53. The third kappa shape index (κ3) is 4.95. The summed E-state index contributed by atoms with van der Waals surface area (Å²) in [6, 6.07) is 12.6. The second kappa shape index (κ2) is 9.18. The zero-order valence-electron chi connectivity index (χ0n) is 17.8. The van der Waals surface area contributed by atoms with E-state index >= 15 is 0 Å². The van der Waals surface area contributed by atoms with Gasteiger partial charge >= 0.3 is 18.1 Å². The highest BCUT2D eigenvalue weighted by Gasteiger charge is 2.32. The van der Waals surface area contributed by atoms with Crippen LogP contribution < -0.4 is 24.3 Å². The molecule has 1 saturated heterocycles. The normalized spacial score (nSPS) is 14.3. The monoisotopic (exact) mass is 450 g/mol. The zero-order valence-corrected chi connectivity index (χ0v) is 17.8. The second-order valence-corrected chi connectivity index (χ2v) is 6.51. The molecular weight excluding hydrogens is 432 g/mol. The summed E-state index contributed by atoms with van der Waals surface area (Å²) >= 11 is 0. The highest BCUT2D eigenvalue weighted by Crippen LogP contribution is 2.27. The van der Waals surface area contributed by atoms with Crippen LogP contribution in [0.5, 0.6) is 35.0 Å². The molecule has 0 unspecified atom stereocenters. The molecule has 0 aliphatic carbocycles. The van der Waals surface area contributed by atoms with Crippen LogP contribution >= 0.6 is 0 Å². The van der Waals surface area contributed by atoms with Gasteiger partial charge in [0.25, 0.3) is 11.9 Å². The summed E-state index contributed by atoms with van der Waals surface area (Å²) in [5.41, 5.74) is 0. The Hall–Kier alpha value is -4.74. The summed E-state index contributed by atoms with van der Waals surface area (Å²) < 4.78 is 21.7. The first-order valence-corrected chi connectivity index (χ1v) is 9.53. The molecule has 0 spiro atoms. The topological polar surface area (TPSA) is 137 Å². The van der Waals surface area contributed by atoms with E-state index in [2.05, 4.69) is 25.3 Å². The van der Waals surface area contributed by atoms with Crippen molar-refractivity contribution in [3.05, 3.63) is 48.5 Å². The fourth-order valence-corrected chi connectivity index (χ4v) is 2.63. The van der Waals surface area contributed by atoms with Gasteiger partial charge in [-0.1, -0.05) is 0 Å². The highest BCUT2D eigenvalue weighted by molar-refractivity contribution is 6.47. The number of nitrogens with one attached hydrogen (secondary N) is 1. The number of likely N-dealkylation sites (N-methyl/N-ethyl adjacent to an activating group) is 1. The molecule has 12 heteroatoms. The van der Waals surface area contributed by atoms with Crippen LogP contribution in [-0.2, 0) is 4.79 Å². The van der Waals surface area contributed by atoms with Crippen LogP contribution in [0.15, 0.2) is 53.5 Å². The number of ether oxygens (including phenoxy) is 4. The molecule has 1 aliphatic rings. The Kier molecular flexibility index (Phi) is 5.98. The molecule has 2 aromatic carbocycles. The van der Waals surface area contributed by atoms with Gasteiger partial charge < -0.3 is 18.9 Å².